The Hall–Kier alpha value is -2.19. The molecule has 14 heteroatoms. The average Bonchev–Trinajstić information content (AvgIpc) is 3.10. The van der Waals surface area contributed by atoms with E-state index in [1.165, 1.54) is 18.2 Å². The molecule has 2 aromatic rings. The minimum atomic E-state index is -2.62. The van der Waals surface area contributed by atoms with E-state index >= 15 is 0 Å². The third kappa shape index (κ3) is 5.90. The molecular weight excluding hydrogens is 434 g/mol. The van der Waals surface area contributed by atoms with Gasteiger partial charge in [-0.25, -0.2) is 0 Å². The van der Waals surface area contributed by atoms with Crippen molar-refractivity contribution in [3.63, 3.8) is 0 Å². The van der Waals surface area contributed by atoms with Crippen molar-refractivity contribution in [3.8, 4) is 10.6 Å². The molecular formula is C14H15ClN5O6S2-. The van der Waals surface area contributed by atoms with E-state index in [1.54, 1.807) is 6.92 Å². The standard InChI is InChI=1S/C14H16ClN5O6S2/c1-2-26-12(21)8-16-5-6-19(28(24)25)14-18-17-13(27-14)10-4-3-9(20(22)23)7-11(10)15/h3-4,7,16H,2,5-6,8H2,1H3,(H,24,25)/p-1. The van der Waals surface area contributed by atoms with Crippen molar-refractivity contribution in [2.75, 3.05) is 30.5 Å². The van der Waals surface area contributed by atoms with Gasteiger partial charge in [-0.05, 0) is 13.0 Å². The third-order valence-electron chi connectivity index (χ3n) is 3.27. The van der Waals surface area contributed by atoms with Gasteiger partial charge in [-0.3, -0.25) is 23.4 Å². The number of ether oxygens (including phenoxy) is 1. The van der Waals surface area contributed by atoms with Crippen LogP contribution in [0.15, 0.2) is 18.2 Å². The molecule has 1 aromatic carbocycles. The first-order valence-electron chi connectivity index (χ1n) is 7.84. The molecule has 0 fully saturated rings. The zero-order valence-electron chi connectivity index (χ0n) is 14.5. The van der Waals surface area contributed by atoms with Gasteiger partial charge in [0.2, 0.25) is 5.13 Å². The summed E-state index contributed by atoms with van der Waals surface area (Å²) in [4.78, 5) is 21.5. The van der Waals surface area contributed by atoms with Crippen LogP contribution in [-0.4, -0.2) is 56.1 Å². The minimum Gasteiger partial charge on any atom is -0.755 e. The summed E-state index contributed by atoms with van der Waals surface area (Å²) in [5, 5.41) is 21.8. The number of benzene rings is 1. The smallest absolute Gasteiger partial charge is 0.319 e. The van der Waals surface area contributed by atoms with E-state index in [0.29, 0.717) is 10.6 Å². The second-order valence-corrected chi connectivity index (χ2v) is 7.35. The van der Waals surface area contributed by atoms with Crippen LogP contribution in [0.25, 0.3) is 10.6 Å². The first-order chi connectivity index (χ1) is 13.3. The fourth-order valence-corrected chi connectivity index (χ4v) is 3.87. The molecule has 0 aliphatic heterocycles. The molecule has 0 saturated carbocycles. The minimum absolute atomic E-state index is 0.0120. The van der Waals surface area contributed by atoms with Crippen LogP contribution < -0.4 is 9.62 Å². The van der Waals surface area contributed by atoms with Crippen LogP contribution >= 0.6 is 22.9 Å². The van der Waals surface area contributed by atoms with Gasteiger partial charge >= 0.3 is 5.97 Å². The Morgan fingerprint density at radius 3 is 2.82 bits per heavy atom. The normalized spacial score (nSPS) is 11.8. The number of nitrogens with zero attached hydrogens (tertiary/aromatic N) is 4. The first-order valence-corrected chi connectivity index (χ1v) is 10.1. The molecule has 0 radical (unpaired) electrons. The molecule has 0 aliphatic rings. The van der Waals surface area contributed by atoms with Crippen LogP contribution in [-0.2, 0) is 20.8 Å². The maximum Gasteiger partial charge on any atom is 0.319 e. The SMILES string of the molecule is CCOC(=O)CNCCN(c1nnc(-c2ccc([N+](=O)[O-])cc2Cl)s1)S(=O)[O-]. The van der Waals surface area contributed by atoms with Gasteiger partial charge < -0.3 is 14.6 Å². The topological polar surface area (TPSA) is 151 Å². The lowest BCUT2D eigenvalue weighted by Gasteiger charge is -2.22. The number of hydrogen-bond donors (Lipinski definition) is 1. The number of rotatable bonds is 10. The summed E-state index contributed by atoms with van der Waals surface area (Å²) in [5.74, 6) is -0.441. The van der Waals surface area contributed by atoms with Gasteiger partial charge in [-0.1, -0.05) is 22.9 Å². The molecule has 0 amide bonds. The number of aromatic nitrogens is 2. The molecule has 152 valence electrons. The van der Waals surface area contributed by atoms with Crippen LogP contribution in [0.2, 0.25) is 5.02 Å². The molecule has 2 rings (SSSR count). The molecule has 1 heterocycles. The van der Waals surface area contributed by atoms with Crippen molar-refractivity contribution in [3.05, 3.63) is 33.3 Å². The Balaban J connectivity index is 2.07. The zero-order valence-corrected chi connectivity index (χ0v) is 16.9. The number of hydrogen-bond acceptors (Lipinski definition) is 10. The lowest BCUT2D eigenvalue weighted by Crippen LogP contribution is -2.35. The van der Waals surface area contributed by atoms with E-state index in [2.05, 4.69) is 15.5 Å². The predicted octanol–water partition coefficient (Wildman–Crippen LogP) is 1.52. The van der Waals surface area contributed by atoms with Gasteiger partial charge in [0, 0.05) is 42.1 Å². The Morgan fingerprint density at radius 1 is 1.46 bits per heavy atom. The molecule has 0 saturated heterocycles. The van der Waals surface area contributed by atoms with Crippen LogP contribution in [0.4, 0.5) is 10.8 Å². The second kappa shape index (κ2) is 10.4. The van der Waals surface area contributed by atoms with Gasteiger partial charge in [0.25, 0.3) is 5.69 Å². The zero-order chi connectivity index (χ0) is 20.7. The highest BCUT2D eigenvalue weighted by Gasteiger charge is 2.18. The summed E-state index contributed by atoms with van der Waals surface area (Å²) in [6.45, 7) is 2.09. The Labute approximate surface area is 171 Å². The van der Waals surface area contributed by atoms with Crippen molar-refractivity contribution in [2.24, 2.45) is 0 Å². The maximum absolute atomic E-state index is 11.5. The predicted molar refractivity (Wildman–Crippen MR) is 103 cm³/mol. The Kier molecular flexibility index (Phi) is 8.19. The molecule has 0 bridgehead atoms. The fourth-order valence-electron chi connectivity index (χ4n) is 2.03. The number of carbonyl (C=O) groups is 1. The van der Waals surface area contributed by atoms with Gasteiger partial charge in [0.15, 0.2) is 5.01 Å². The highest BCUT2D eigenvalue weighted by atomic mass is 35.5. The highest BCUT2D eigenvalue weighted by Crippen LogP contribution is 2.35. The molecule has 0 spiro atoms. The summed E-state index contributed by atoms with van der Waals surface area (Å²) >= 11 is 4.41. The average molecular weight is 449 g/mol. The van der Waals surface area contributed by atoms with Crippen LogP contribution in [0.1, 0.15) is 6.92 Å². The Bertz CT molecular complexity index is 880. The summed E-state index contributed by atoms with van der Waals surface area (Å²) in [6, 6.07) is 3.87. The number of nitro groups is 1. The van der Waals surface area contributed by atoms with E-state index in [1.807, 2.05) is 0 Å². The monoisotopic (exact) mass is 448 g/mol. The molecule has 1 N–H and O–H groups in total. The number of non-ortho nitro benzene ring substituents is 1. The lowest BCUT2D eigenvalue weighted by molar-refractivity contribution is -0.384. The molecule has 1 atom stereocenters. The van der Waals surface area contributed by atoms with Crippen molar-refractivity contribution in [1.82, 2.24) is 15.5 Å². The van der Waals surface area contributed by atoms with Crippen molar-refractivity contribution >= 4 is 51.0 Å². The molecule has 1 aromatic heterocycles. The number of nitrogens with one attached hydrogen (secondary N) is 1. The van der Waals surface area contributed by atoms with Crippen molar-refractivity contribution < 1.29 is 23.2 Å². The summed E-state index contributed by atoms with van der Waals surface area (Å²) in [7, 11) is 0. The maximum atomic E-state index is 11.5. The molecule has 28 heavy (non-hydrogen) atoms. The number of anilines is 1. The van der Waals surface area contributed by atoms with Gasteiger partial charge in [-0.2, -0.15) is 0 Å². The van der Waals surface area contributed by atoms with Gasteiger partial charge in [-0.15, -0.1) is 10.2 Å². The second-order valence-electron chi connectivity index (χ2n) is 5.11. The summed E-state index contributed by atoms with van der Waals surface area (Å²) < 4.78 is 28.7. The van der Waals surface area contributed by atoms with E-state index in [4.69, 9.17) is 16.3 Å². The summed E-state index contributed by atoms with van der Waals surface area (Å²) in [5.41, 5.74) is 0.224. The number of esters is 1. The quantitative estimate of drug-likeness (QED) is 0.187. The van der Waals surface area contributed by atoms with E-state index in [-0.39, 0.29) is 42.1 Å². The van der Waals surface area contributed by atoms with Crippen molar-refractivity contribution in [1.29, 1.82) is 0 Å². The largest absolute Gasteiger partial charge is 0.755 e. The van der Waals surface area contributed by atoms with Gasteiger partial charge in [0.1, 0.15) is 0 Å². The van der Waals surface area contributed by atoms with Gasteiger partial charge in [0.05, 0.1) is 23.1 Å². The van der Waals surface area contributed by atoms with Crippen LogP contribution in [0.3, 0.4) is 0 Å². The van der Waals surface area contributed by atoms with Crippen LogP contribution in [0, 0.1) is 10.1 Å². The highest BCUT2D eigenvalue weighted by molar-refractivity contribution is 7.80. The summed E-state index contributed by atoms with van der Waals surface area (Å²) in [6.07, 6.45) is 0. The Morgan fingerprint density at radius 2 is 2.21 bits per heavy atom. The van der Waals surface area contributed by atoms with E-state index in [0.717, 1.165) is 15.6 Å². The molecule has 11 nitrogen and oxygen atoms in total. The van der Waals surface area contributed by atoms with Crippen LogP contribution in [0.5, 0.6) is 0 Å². The first kappa shape index (κ1) is 22.1. The number of carbonyl (C=O) groups excluding carboxylic acids is 1. The lowest BCUT2D eigenvalue weighted by atomic mass is 10.2. The number of halogens is 1. The van der Waals surface area contributed by atoms with E-state index in [9.17, 15) is 23.7 Å². The third-order valence-corrected chi connectivity index (χ3v) is 5.39. The fraction of sp³-hybridized carbons (Fsp3) is 0.357. The molecule has 0 aliphatic carbocycles. The van der Waals surface area contributed by atoms with Crippen molar-refractivity contribution in [2.45, 2.75) is 6.92 Å². The van der Waals surface area contributed by atoms with E-state index < -0.39 is 22.2 Å². The molecule has 1 unspecified atom stereocenters. The number of nitro benzene ring substituents is 1.